The Balaban J connectivity index is 0.000000169. The predicted octanol–water partition coefficient (Wildman–Crippen LogP) is 3.99. The number of anilines is 3. The molecule has 0 aliphatic carbocycles. The van der Waals surface area contributed by atoms with Gasteiger partial charge in [-0.3, -0.25) is 19.7 Å². The maximum atomic E-state index is 11.1. The minimum atomic E-state index is -1.16. The lowest BCUT2D eigenvalue weighted by Crippen LogP contribution is -2.32. The molecule has 15 N–H and O–H groups in total. The van der Waals surface area contributed by atoms with Crippen molar-refractivity contribution in [3.05, 3.63) is 92.9 Å². The number of nitro groups is 1. The van der Waals surface area contributed by atoms with E-state index in [0.717, 1.165) is 33.4 Å². The maximum absolute atomic E-state index is 11.1. The van der Waals surface area contributed by atoms with E-state index in [2.05, 4.69) is 21.0 Å². The maximum Gasteiger partial charge on any atom is 0.320 e. The highest BCUT2D eigenvalue weighted by atomic mass is 16.6. The Morgan fingerprint density at radius 3 is 1.85 bits per heavy atom. The molecule has 15 nitrogen and oxygen atoms in total. The summed E-state index contributed by atoms with van der Waals surface area (Å²) in [7, 11) is 0. The summed E-state index contributed by atoms with van der Waals surface area (Å²) in [6.07, 6.45) is 0.316. The quantitative estimate of drug-likeness (QED) is 0.0664. The molecule has 3 aromatic carbocycles. The van der Waals surface area contributed by atoms with Gasteiger partial charge in [-0.2, -0.15) is 0 Å². The normalized spacial score (nSPS) is 12.2. The number of carboxylic acid groups (broad SMARTS) is 2. The smallest absolute Gasteiger partial charge is 0.320 e. The third-order valence-corrected chi connectivity index (χ3v) is 7.82. The van der Waals surface area contributed by atoms with Gasteiger partial charge in [0.2, 0.25) is 0 Å². The van der Waals surface area contributed by atoms with Gasteiger partial charge in [0.25, 0.3) is 5.69 Å². The second kappa shape index (κ2) is 14.1. The first-order chi connectivity index (χ1) is 22.5. The molecule has 0 aliphatic rings. The first kappa shape index (κ1) is 34.8. The van der Waals surface area contributed by atoms with E-state index < -0.39 is 28.9 Å². The van der Waals surface area contributed by atoms with Gasteiger partial charge in [-0.25, -0.2) is 0 Å². The number of nitro benzene ring substituents is 1. The van der Waals surface area contributed by atoms with Gasteiger partial charge in [0, 0.05) is 69.5 Å². The third-order valence-electron chi connectivity index (χ3n) is 7.82. The van der Waals surface area contributed by atoms with Crippen LogP contribution in [0.15, 0.2) is 54.6 Å². The monoisotopic (exact) mass is 657 g/mol. The van der Waals surface area contributed by atoms with Crippen LogP contribution in [-0.2, 0) is 22.4 Å². The molecule has 15 heteroatoms. The number of aliphatic carboxylic acids is 2. The standard InChI is InChI=1S/C12H14N4O4.C12H15N3O2.C9H10N2/c1-5-7(4-8(14)12(17)18)11-9(15-5)2-6(13)3-10(11)16(19)20;1-6-9(5-10(14)12(16)17)8-3-2-7(13)4-11(8)15-6;1-6-4-7-2-3-8(10)5-9(7)11-6/h2-3,8,15H,4,13-14H2,1H3,(H,17,18);2-4,10,15H,5,13-14H2,1H3,(H,16,17);2-5,11H,10H2,1H3. The molecule has 2 unspecified atom stereocenters. The Labute approximate surface area is 274 Å². The number of nitrogens with two attached hydrogens (primary N) is 5. The van der Waals surface area contributed by atoms with E-state index in [4.69, 9.17) is 38.9 Å². The van der Waals surface area contributed by atoms with Crippen LogP contribution in [0.1, 0.15) is 28.2 Å². The van der Waals surface area contributed by atoms with E-state index in [1.54, 1.807) is 19.1 Å². The molecule has 0 spiro atoms. The second-order valence-electron chi connectivity index (χ2n) is 11.6. The zero-order chi connectivity index (χ0) is 35.4. The summed E-state index contributed by atoms with van der Waals surface area (Å²) >= 11 is 0. The number of carboxylic acids is 2. The van der Waals surface area contributed by atoms with Crippen LogP contribution in [0.2, 0.25) is 0 Å². The van der Waals surface area contributed by atoms with Gasteiger partial charge in [-0.05, 0) is 73.7 Å². The highest BCUT2D eigenvalue weighted by Crippen LogP contribution is 2.34. The summed E-state index contributed by atoms with van der Waals surface area (Å²) < 4.78 is 0. The lowest BCUT2D eigenvalue weighted by atomic mass is 10.0. The van der Waals surface area contributed by atoms with Crippen LogP contribution in [-0.4, -0.2) is 54.1 Å². The van der Waals surface area contributed by atoms with Gasteiger partial charge < -0.3 is 53.8 Å². The minimum absolute atomic E-state index is 0.00588. The summed E-state index contributed by atoms with van der Waals surface area (Å²) in [6, 6.07) is 14.3. The predicted molar refractivity (Wildman–Crippen MR) is 188 cm³/mol. The van der Waals surface area contributed by atoms with Crippen molar-refractivity contribution in [3.8, 4) is 0 Å². The number of benzene rings is 3. The van der Waals surface area contributed by atoms with Gasteiger partial charge in [0.15, 0.2) is 0 Å². The third kappa shape index (κ3) is 7.83. The van der Waals surface area contributed by atoms with Crippen LogP contribution < -0.4 is 28.7 Å². The van der Waals surface area contributed by atoms with Crippen molar-refractivity contribution >= 4 is 67.4 Å². The fraction of sp³-hybridized carbons (Fsp3) is 0.212. The number of rotatable bonds is 7. The molecule has 3 aromatic heterocycles. The molecule has 0 saturated heterocycles. The van der Waals surface area contributed by atoms with Crippen LogP contribution in [0.25, 0.3) is 32.7 Å². The van der Waals surface area contributed by atoms with Crippen molar-refractivity contribution in [1.29, 1.82) is 0 Å². The van der Waals surface area contributed by atoms with Crippen molar-refractivity contribution in [2.45, 2.75) is 45.7 Å². The zero-order valence-electron chi connectivity index (χ0n) is 26.6. The Morgan fingerprint density at radius 1 is 0.729 bits per heavy atom. The largest absolute Gasteiger partial charge is 0.480 e. The van der Waals surface area contributed by atoms with Crippen LogP contribution in [0.4, 0.5) is 22.7 Å². The van der Waals surface area contributed by atoms with Gasteiger partial charge in [-0.15, -0.1) is 0 Å². The van der Waals surface area contributed by atoms with Gasteiger partial charge in [-0.1, -0.05) is 12.1 Å². The lowest BCUT2D eigenvalue weighted by Gasteiger charge is -2.07. The van der Waals surface area contributed by atoms with Crippen molar-refractivity contribution in [1.82, 2.24) is 15.0 Å². The topological polar surface area (TPSA) is 295 Å². The van der Waals surface area contributed by atoms with Crippen molar-refractivity contribution in [2.75, 3.05) is 17.2 Å². The number of hydrogen-bond acceptors (Lipinski definition) is 9. The zero-order valence-corrected chi connectivity index (χ0v) is 26.6. The molecular formula is C33H39N9O6. The fourth-order valence-corrected chi connectivity index (χ4v) is 5.50. The number of nitrogens with one attached hydrogen (secondary N) is 3. The van der Waals surface area contributed by atoms with E-state index in [1.807, 2.05) is 44.2 Å². The second-order valence-corrected chi connectivity index (χ2v) is 11.6. The van der Waals surface area contributed by atoms with Crippen molar-refractivity contribution < 1.29 is 24.7 Å². The minimum Gasteiger partial charge on any atom is -0.480 e. The van der Waals surface area contributed by atoms with Gasteiger partial charge >= 0.3 is 11.9 Å². The number of fused-ring (bicyclic) bond motifs is 3. The molecule has 0 radical (unpaired) electrons. The van der Waals surface area contributed by atoms with Crippen LogP contribution in [0.3, 0.4) is 0 Å². The molecule has 3 heterocycles. The summed E-state index contributed by atoms with van der Waals surface area (Å²) in [5, 5.41) is 31.4. The summed E-state index contributed by atoms with van der Waals surface area (Å²) in [5.74, 6) is -2.15. The molecule has 6 aromatic rings. The Hall–Kier alpha value is -6.06. The number of carbonyl (C=O) groups is 2. The fourth-order valence-electron chi connectivity index (χ4n) is 5.50. The van der Waals surface area contributed by atoms with Gasteiger partial charge in [0.1, 0.15) is 12.1 Å². The molecule has 0 fully saturated rings. The molecule has 48 heavy (non-hydrogen) atoms. The SMILES string of the molecule is Cc1[nH]c2cc(N)cc([N+](=O)[O-])c2c1CC(N)C(=O)O.Cc1[nH]c2cc(N)ccc2c1CC(N)C(=O)O.Cc1cc2ccc(N)cc2[nH]1. The molecule has 0 aliphatic heterocycles. The number of non-ortho nitro benzene ring substituents is 1. The highest BCUT2D eigenvalue weighted by molar-refractivity contribution is 5.96. The summed E-state index contributed by atoms with van der Waals surface area (Å²) in [4.78, 5) is 41.6. The van der Waals surface area contributed by atoms with Crippen LogP contribution in [0.5, 0.6) is 0 Å². The first-order valence-electron chi connectivity index (χ1n) is 14.8. The molecule has 252 valence electrons. The van der Waals surface area contributed by atoms with E-state index in [9.17, 15) is 19.7 Å². The number of hydrogen-bond donors (Lipinski definition) is 10. The highest BCUT2D eigenvalue weighted by Gasteiger charge is 2.24. The number of aromatic nitrogens is 3. The Bertz CT molecular complexity index is 2150. The number of H-pyrrole nitrogens is 3. The molecule has 0 saturated carbocycles. The average molecular weight is 658 g/mol. The first-order valence-corrected chi connectivity index (χ1v) is 14.8. The molecule has 0 amide bonds. The molecule has 0 bridgehead atoms. The molecule has 6 rings (SSSR count). The Morgan fingerprint density at radius 2 is 1.25 bits per heavy atom. The van der Waals surface area contributed by atoms with Crippen LogP contribution in [0, 0.1) is 30.9 Å². The van der Waals surface area contributed by atoms with E-state index in [-0.39, 0.29) is 17.8 Å². The van der Waals surface area contributed by atoms with Gasteiger partial charge in [0.05, 0.1) is 15.8 Å². The number of aryl methyl sites for hydroxylation is 3. The van der Waals surface area contributed by atoms with Crippen LogP contribution >= 0.6 is 0 Å². The van der Waals surface area contributed by atoms with E-state index in [1.165, 1.54) is 17.1 Å². The number of nitrogen functional groups attached to an aromatic ring is 3. The van der Waals surface area contributed by atoms with Crippen molar-refractivity contribution in [3.63, 3.8) is 0 Å². The Kier molecular flexibility index (Phi) is 10.3. The summed E-state index contributed by atoms with van der Waals surface area (Å²) in [5.41, 5.74) is 36.3. The summed E-state index contributed by atoms with van der Waals surface area (Å²) in [6.45, 7) is 5.65. The number of nitrogens with zero attached hydrogens (tertiary/aromatic N) is 1. The molecular weight excluding hydrogens is 618 g/mol. The number of aromatic amines is 3. The average Bonchev–Trinajstić information content (AvgIpc) is 3.63. The van der Waals surface area contributed by atoms with E-state index >= 15 is 0 Å². The molecule has 2 atom stereocenters. The lowest BCUT2D eigenvalue weighted by molar-refractivity contribution is -0.383. The van der Waals surface area contributed by atoms with E-state index in [0.29, 0.717) is 34.3 Å². The van der Waals surface area contributed by atoms with Crippen molar-refractivity contribution in [2.24, 2.45) is 11.5 Å².